The van der Waals surface area contributed by atoms with Crippen molar-refractivity contribution in [3.63, 3.8) is 0 Å². The Morgan fingerprint density at radius 1 is 1.37 bits per heavy atom. The van der Waals surface area contributed by atoms with Gasteiger partial charge in [-0.15, -0.1) is 0 Å². The first-order chi connectivity index (χ1) is 12.8. The van der Waals surface area contributed by atoms with Crippen LogP contribution in [-0.2, 0) is 4.74 Å². The molecule has 2 aromatic rings. The number of ether oxygens (including phenoxy) is 2. The van der Waals surface area contributed by atoms with Crippen molar-refractivity contribution in [2.24, 2.45) is 0 Å². The third-order valence-electron chi connectivity index (χ3n) is 3.34. The van der Waals surface area contributed by atoms with Gasteiger partial charge in [-0.1, -0.05) is 12.1 Å². The first-order valence-corrected chi connectivity index (χ1v) is 7.40. The average Bonchev–Trinajstić information content (AvgIpc) is 2.62. The van der Waals surface area contributed by atoms with Crippen LogP contribution in [-0.4, -0.2) is 28.6 Å². The van der Waals surface area contributed by atoms with Crippen molar-refractivity contribution in [1.29, 1.82) is 5.26 Å². The number of nitro benzene ring substituents is 1. The van der Waals surface area contributed by atoms with Crippen molar-refractivity contribution in [3.05, 3.63) is 63.0 Å². The molecule has 0 saturated heterocycles. The van der Waals surface area contributed by atoms with Crippen LogP contribution in [0.1, 0.15) is 28.4 Å². The van der Waals surface area contributed by atoms with Crippen molar-refractivity contribution in [1.82, 2.24) is 0 Å². The van der Waals surface area contributed by atoms with Crippen LogP contribution >= 0.6 is 0 Å². The molecule has 0 saturated carbocycles. The zero-order valence-electron chi connectivity index (χ0n) is 13.8. The van der Waals surface area contributed by atoms with Crippen LogP contribution in [0.3, 0.4) is 0 Å². The van der Waals surface area contributed by atoms with Crippen LogP contribution in [0.25, 0.3) is 0 Å². The number of hydrogen-bond donors (Lipinski definition) is 1. The van der Waals surface area contributed by atoms with Crippen molar-refractivity contribution in [3.8, 4) is 17.6 Å². The Morgan fingerprint density at radius 3 is 2.59 bits per heavy atom. The molecule has 0 heterocycles. The predicted molar refractivity (Wildman–Crippen MR) is 87.0 cm³/mol. The Balaban J connectivity index is 2.71. The second-order valence-corrected chi connectivity index (χ2v) is 4.96. The molecule has 0 atom stereocenters. The summed E-state index contributed by atoms with van der Waals surface area (Å²) in [6.07, 6.45) is -1.28. The van der Waals surface area contributed by atoms with E-state index in [2.05, 4.69) is 9.47 Å². The summed E-state index contributed by atoms with van der Waals surface area (Å²) in [6, 6.07) is 6.96. The SMILES string of the molecule is CCOC(=O)Oc1cc(C#N)c(C(=O)c2ccccc2F)c([N+](=O)[O-])c1O. The zero-order chi connectivity index (χ0) is 20.1. The third kappa shape index (κ3) is 3.82. The van der Waals surface area contributed by atoms with Gasteiger partial charge in [-0.05, 0) is 19.1 Å². The van der Waals surface area contributed by atoms with E-state index in [0.717, 1.165) is 18.2 Å². The third-order valence-corrected chi connectivity index (χ3v) is 3.34. The standard InChI is InChI=1S/C17H11FN2O7/c1-2-26-17(23)27-12-7-9(8-19)13(14(16(12)22)20(24)25)15(21)10-5-3-4-6-11(10)18/h3-7,22H,2H2,1H3. The Morgan fingerprint density at radius 2 is 2.04 bits per heavy atom. The van der Waals surface area contributed by atoms with Gasteiger partial charge in [0.15, 0.2) is 5.75 Å². The summed E-state index contributed by atoms with van der Waals surface area (Å²) >= 11 is 0. The molecule has 0 aromatic heterocycles. The number of hydrogen-bond acceptors (Lipinski definition) is 8. The fourth-order valence-corrected chi connectivity index (χ4v) is 2.22. The largest absolute Gasteiger partial charge is 0.513 e. The molecule has 0 unspecified atom stereocenters. The highest BCUT2D eigenvalue weighted by molar-refractivity contribution is 6.14. The van der Waals surface area contributed by atoms with E-state index in [9.17, 15) is 34.5 Å². The quantitative estimate of drug-likeness (QED) is 0.277. The van der Waals surface area contributed by atoms with Gasteiger partial charge in [0, 0.05) is 6.07 Å². The summed E-state index contributed by atoms with van der Waals surface area (Å²) in [5.41, 5.74) is -3.15. The summed E-state index contributed by atoms with van der Waals surface area (Å²) < 4.78 is 23.0. The molecule has 27 heavy (non-hydrogen) atoms. The fraction of sp³-hybridized carbons (Fsp3) is 0.118. The minimum Gasteiger partial charge on any atom is -0.499 e. The number of phenolic OH excluding ortho intramolecular Hbond substituents is 1. The number of halogens is 1. The molecular weight excluding hydrogens is 363 g/mol. The number of aromatic hydroxyl groups is 1. The normalized spacial score (nSPS) is 9.96. The second-order valence-electron chi connectivity index (χ2n) is 4.96. The number of nitro groups is 1. The fourth-order valence-electron chi connectivity index (χ4n) is 2.22. The minimum absolute atomic E-state index is 0.0728. The van der Waals surface area contributed by atoms with Crippen LogP contribution in [0.4, 0.5) is 14.9 Å². The first kappa shape index (κ1) is 19.3. The monoisotopic (exact) mass is 374 g/mol. The van der Waals surface area contributed by atoms with E-state index in [0.29, 0.717) is 0 Å². The van der Waals surface area contributed by atoms with Gasteiger partial charge < -0.3 is 14.6 Å². The van der Waals surface area contributed by atoms with Gasteiger partial charge in [0.25, 0.3) is 0 Å². The topological polar surface area (TPSA) is 140 Å². The smallest absolute Gasteiger partial charge is 0.499 e. The number of carbonyl (C=O) groups is 2. The summed E-state index contributed by atoms with van der Waals surface area (Å²) in [5.74, 6) is -4.07. The lowest BCUT2D eigenvalue weighted by molar-refractivity contribution is -0.386. The van der Waals surface area contributed by atoms with E-state index in [1.54, 1.807) is 6.07 Å². The van der Waals surface area contributed by atoms with Crippen LogP contribution < -0.4 is 4.74 Å². The van der Waals surface area contributed by atoms with Crippen LogP contribution in [0.5, 0.6) is 11.5 Å². The predicted octanol–water partition coefficient (Wildman–Crippen LogP) is 3.08. The number of rotatable bonds is 5. The lowest BCUT2D eigenvalue weighted by Crippen LogP contribution is -2.13. The molecule has 1 N–H and O–H groups in total. The van der Waals surface area contributed by atoms with E-state index in [1.807, 2.05) is 0 Å². The lowest BCUT2D eigenvalue weighted by Gasteiger charge is -2.11. The van der Waals surface area contributed by atoms with Gasteiger partial charge >= 0.3 is 11.8 Å². The lowest BCUT2D eigenvalue weighted by atomic mass is 9.95. The van der Waals surface area contributed by atoms with E-state index >= 15 is 0 Å². The highest BCUT2D eigenvalue weighted by Crippen LogP contribution is 2.42. The van der Waals surface area contributed by atoms with E-state index < -0.39 is 56.6 Å². The highest BCUT2D eigenvalue weighted by Gasteiger charge is 2.34. The molecule has 0 bridgehead atoms. The molecule has 9 nitrogen and oxygen atoms in total. The number of nitrogens with zero attached hydrogens (tertiary/aromatic N) is 2. The maximum Gasteiger partial charge on any atom is 0.513 e. The summed E-state index contributed by atoms with van der Waals surface area (Å²) in [7, 11) is 0. The first-order valence-electron chi connectivity index (χ1n) is 7.40. The summed E-state index contributed by atoms with van der Waals surface area (Å²) in [5, 5.41) is 30.8. The van der Waals surface area contributed by atoms with E-state index in [4.69, 9.17) is 0 Å². The van der Waals surface area contributed by atoms with Crippen LogP contribution in [0, 0.1) is 27.3 Å². The molecule has 0 radical (unpaired) electrons. The Kier molecular flexibility index (Phi) is 5.67. The molecule has 0 aliphatic heterocycles. The molecule has 0 spiro atoms. The van der Waals surface area contributed by atoms with Gasteiger partial charge in [-0.3, -0.25) is 14.9 Å². The Bertz CT molecular complexity index is 982. The number of nitriles is 1. The molecular formula is C17H11FN2O7. The minimum atomic E-state index is -1.28. The molecule has 0 amide bonds. The molecule has 0 fully saturated rings. The van der Waals surface area contributed by atoms with Gasteiger partial charge in [0.2, 0.25) is 11.5 Å². The van der Waals surface area contributed by atoms with Gasteiger partial charge in [-0.25, -0.2) is 9.18 Å². The van der Waals surface area contributed by atoms with Crippen molar-refractivity contribution >= 4 is 17.6 Å². The number of benzene rings is 2. The number of phenols is 1. The maximum atomic E-state index is 13.9. The Hall–Kier alpha value is -4.00. The van der Waals surface area contributed by atoms with Gasteiger partial charge in [0.05, 0.1) is 22.7 Å². The van der Waals surface area contributed by atoms with E-state index in [-0.39, 0.29) is 6.61 Å². The second kappa shape index (κ2) is 7.92. The van der Waals surface area contributed by atoms with Crippen molar-refractivity contribution < 1.29 is 33.5 Å². The molecule has 10 heteroatoms. The van der Waals surface area contributed by atoms with Crippen LogP contribution in [0.15, 0.2) is 30.3 Å². The molecule has 138 valence electrons. The molecule has 2 aromatic carbocycles. The van der Waals surface area contributed by atoms with Crippen LogP contribution in [0.2, 0.25) is 0 Å². The Labute approximate surface area is 151 Å². The van der Waals surface area contributed by atoms with Gasteiger partial charge in [0.1, 0.15) is 17.4 Å². The maximum absolute atomic E-state index is 13.9. The molecule has 0 aliphatic carbocycles. The van der Waals surface area contributed by atoms with Gasteiger partial charge in [-0.2, -0.15) is 5.26 Å². The number of carbonyl (C=O) groups excluding carboxylic acids is 2. The molecule has 2 rings (SSSR count). The molecule has 0 aliphatic rings. The van der Waals surface area contributed by atoms with Crippen molar-refractivity contribution in [2.75, 3.05) is 6.61 Å². The number of ketones is 1. The summed E-state index contributed by atoms with van der Waals surface area (Å²) in [4.78, 5) is 34.3. The summed E-state index contributed by atoms with van der Waals surface area (Å²) in [6.45, 7) is 1.40. The van der Waals surface area contributed by atoms with E-state index in [1.165, 1.54) is 19.1 Å². The zero-order valence-corrected chi connectivity index (χ0v) is 13.8. The average molecular weight is 374 g/mol. The van der Waals surface area contributed by atoms with Crippen molar-refractivity contribution in [2.45, 2.75) is 6.92 Å². The highest BCUT2D eigenvalue weighted by atomic mass is 19.1.